The first-order valence-corrected chi connectivity index (χ1v) is 11.2. The summed E-state index contributed by atoms with van der Waals surface area (Å²) < 4.78 is 0.740. The number of nitro benzene ring substituents is 3. The summed E-state index contributed by atoms with van der Waals surface area (Å²) in [5.41, 5.74) is 1.95. The lowest BCUT2D eigenvalue weighted by Crippen LogP contribution is -1.96. The monoisotopic (exact) mass is 477 g/mol. The average molecular weight is 477 g/mol. The van der Waals surface area contributed by atoms with Crippen LogP contribution in [0.1, 0.15) is 16.7 Å². The van der Waals surface area contributed by atoms with Gasteiger partial charge in [-0.25, -0.2) is 0 Å². The number of nitro groups is 3. The summed E-state index contributed by atoms with van der Waals surface area (Å²) in [6, 6.07) is 16.0. The fourth-order valence-electron chi connectivity index (χ4n) is 3.87. The van der Waals surface area contributed by atoms with E-state index in [2.05, 4.69) is 0 Å². The van der Waals surface area contributed by atoms with E-state index in [-0.39, 0.29) is 11.3 Å². The molecule has 5 rings (SSSR count). The van der Waals surface area contributed by atoms with Gasteiger partial charge in [0.2, 0.25) is 0 Å². The normalized spacial score (nSPS) is 16.2. The highest BCUT2D eigenvalue weighted by molar-refractivity contribution is 8.31. The molecule has 33 heavy (non-hydrogen) atoms. The fraction of sp³-hybridized carbons (Fsp3) is 0. The third kappa shape index (κ3) is 3.47. The molecule has 0 saturated heterocycles. The van der Waals surface area contributed by atoms with Crippen molar-refractivity contribution in [2.45, 2.75) is 0 Å². The SMILES string of the molecule is O=[N+]([O-])c1ccc2c(c1)/C(=C1\SC=C(c3ccccc3)S1)c1cc([N+](=O)[O-])cc([N+](=O)[O-])c1-2. The molecule has 0 spiro atoms. The molecule has 0 saturated carbocycles. The van der Waals surface area contributed by atoms with Gasteiger partial charge in [-0.1, -0.05) is 53.9 Å². The van der Waals surface area contributed by atoms with Crippen LogP contribution >= 0.6 is 23.5 Å². The molecule has 11 heteroatoms. The number of hydrogen-bond donors (Lipinski definition) is 0. The molecule has 0 bridgehead atoms. The number of benzene rings is 3. The maximum Gasteiger partial charge on any atom is 0.284 e. The number of fused-ring (bicyclic) bond motifs is 3. The summed E-state index contributed by atoms with van der Waals surface area (Å²) in [7, 11) is 0. The summed E-state index contributed by atoms with van der Waals surface area (Å²) in [6.45, 7) is 0. The van der Waals surface area contributed by atoms with Crippen LogP contribution in [-0.2, 0) is 0 Å². The van der Waals surface area contributed by atoms with Gasteiger partial charge in [0.25, 0.3) is 17.1 Å². The second kappa shape index (κ2) is 7.87. The molecule has 2 aliphatic rings. The molecule has 3 aromatic rings. The molecule has 0 radical (unpaired) electrons. The highest BCUT2D eigenvalue weighted by atomic mass is 32.2. The Labute approximate surface area is 194 Å². The van der Waals surface area contributed by atoms with Crippen molar-refractivity contribution in [3.8, 4) is 11.1 Å². The molecule has 162 valence electrons. The summed E-state index contributed by atoms with van der Waals surface area (Å²) >= 11 is 2.81. The molecule has 1 aliphatic carbocycles. The van der Waals surface area contributed by atoms with E-state index in [4.69, 9.17) is 0 Å². The zero-order valence-electron chi connectivity index (χ0n) is 16.5. The van der Waals surface area contributed by atoms with E-state index >= 15 is 0 Å². The Bertz CT molecular complexity index is 1450. The van der Waals surface area contributed by atoms with E-state index < -0.39 is 26.1 Å². The number of non-ortho nitro benzene ring substituents is 2. The minimum absolute atomic E-state index is 0.166. The minimum atomic E-state index is -0.677. The lowest BCUT2D eigenvalue weighted by Gasteiger charge is -2.08. The molecule has 0 amide bonds. The third-order valence-corrected chi connectivity index (χ3v) is 7.69. The van der Waals surface area contributed by atoms with Crippen molar-refractivity contribution in [2.24, 2.45) is 0 Å². The van der Waals surface area contributed by atoms with Crippen LogP contribution in [0.4, 0.5) is 17.1 Å². The third-order valence-electron chi connectivity index (χ3n) is 5.27. The topological polar surface area (TPSA) is 129 Å². The molecule has 1 heterocycles. The quantitative estimate of drug-likeness (QED) is 0.238. The predicted molar refractivity (Wildman–Crippen MR) is 127 cm³/mol. The van der Waals surface area contributed by atoms with E-state index in [1.165, 1.54) is 47.8 Å². The van der Waals surface area contributed by atoms with Crippen molar-refractivity contribution in [2.75, 3.05) is 0 Å². The minimum Gasteiger partial charge on any atom is -0.258 e. The van der Waals surface area contributed by atoms with Gasteiger partial charge in [-0.2, -0.15) is 0 Å². The fourth-order valence-corrected chi connectivity index (χ4v) is 6.28. The first-order valence-electron chi connectivity index (χ1n) is 9.46. The van der Waals surface area contributed by atoms with Crippen LogP contribution < -0.4 is 0 Å². The maximum atomic E-state index is 11.8. The van der Waals surface area contributed by atoms with Crippen LogP contribution in [0.25, 0.3) is 21.6 Å². The molecule has 1 aliphatic heterocycles. The Balaban J connectivity index is 1.77. The van der Waals surface area contributed by atoms with Crippen LogP contribution in [0.15, 0.2) is 70.3 Å². The van der Waals surface area contributed by atoms with E-state index in [0.717, 1.165) is 20.8 Å². The Morgan fingerprint density at radius 1 is 0.697 bits per heavy atom. The molecular weight excluding hydrogens is 466 g/mol. The molecule has 0 N–H and O–H groups in total. The van der Waals surface area contributed by atoms with Crippen molar-refractivity contribution in [1.82, 2.24) is 0 Å². The van der Waals surface area contributed by atoms with Crippen LogP contribution in [0, 0.1) is 30.3 Å². The summed E-state index contributed by atoms with van der Waals surface area (Å²) in [4.78, 5) is 33.8. The van der Waals surface area contributed by atoms with Gasteiger partial charge in [0.15, 0.2) is 0 Å². The predicted octanol–water partition coefficient (Wildman–Crippen LogP) is 6.59. The summed E-state index contributed by atoms with van der Waals surface area (Å²) in [6.07, 6.45) is 0. The Hall–Kier alpha value is -3.96. The first-order chi connectivity index (χ1) is 15.8. The van der Waals surface area contributed by atoms with Gasteiger partial charge in [-0.3, -0.25) is 30.3 Å². The molecule has 3 aromatic carbocycles. The summed E-state index contributed by atoms with van der Waals surface area (Å²) in [5.74, 6) is 0. The molecular formula is C22H11N3O6S2. The first kappa shape index (κ1) is 20.9. The standard InChI is InChI=1S/C22H11N3O6S2/c26-23(27)13-6-7-15-16(8-13)21(22-32-11-19(33-22)12-4-2-1-3-5-12)17-9-14(24(28)29)10-18(20(15)17)25(30)31/h1-11H/b22-21-. The average Bonchev–Trinajstić information content (AvgIpc) is 3.40. The molecule has 0 unspecified atom stereocenters. The van der Waals surface area contributed by atoms with Crippen molar-refractivity contribution in [1.29, 1.82) is 0 Å². The lowest BCUT2D eigenvalue weighted by molar-refractivity contribution is -0.393. The van der Waals surface area contributed by atoms with Gasteiger partial charge >= 0.3 is 0 Å². The van der Waals surface area contributed by atoms with E-state index in [1.54, 1.807) is 0 Å². The lowest BCUT2D eigenvalue weighted by atomic mass is 10.0. The second-order valence-corrected chi connectivity index (χ2v) is 9.31. The number of hydrogen-bond acceptors (Lipinski definition) is 8. The summed E-state index contributed by atoms with van der Waals surface area (Å²) in [5, 5.41) is 36.7. The highest BCUT2D eigenvalue weighted by Crippen LogP contribution is 2.58. The highest BCUT2D eigenvalue weighted by Gasteiger charge is 2.37. The van der Waals surface area contributed by atoms with Crippen LogP contribution in [0.5, 0.6) is 0 Å². The molecule has 0 atom stereocenters. The van der Waals surface area contributed by atoms with Crippen molar-refractivity contribution in [3.63, 3.8) is 0 Å². The number of thioether (sulfide) groups is 2. The van der Waals surface area contributed by atoms with Crippen molar-refractivity contribution < 1.29 is 14.8 Å². The zero-order valence-corrected chi connectivity index (χ0v) is 18.1. The van der Waals surface area contributed by atoms with Gasteiger partial charge in [-0.15, -0.1) is 0 Å². The smallest absolute Gasteiger partial charge is 0.258 e. The molecule has 9 nitrogen and oxygen atoms in total. The molecule has 0 fully saturated rings. The van der Waals surface area contributed by atoms with Crippen LogP contribution in [0.2, 0.25) is 0 Å². The van der Waals surface area contributed by atoms with Crippen LogP contribution in [-0.4, -0.2) is 14.8 Å². The Morgan fingerprint density at radius 2 is 1.39 bits per heavy atom. The van der Waals surface area contributed by atoms with Crippen molar-refractivity contribution >= 4 is 51.1 Å². The zero-order chi connectivity index (χ0) is 23.3. The Morgan fingerprint density at radius 3 is 2.06 bits per heavy atom. The van der Waals surface area contributed by atoms with Gasteiger partial charge in [0, 0.05) is 34.2 Å². The van der Waals surface area contributed by atoms with Crippen molar-refractivity contribution in [3.05, 3.63) is 117 Å². The largest absolute Gasteiger partial charge is 0.284 e. The number of nitrogens with zero attached hydrogens (tertiary/aromatic N) is 3. The van der Waals surface area contributed by atoms with Gasteiger partial charge in [0.05, 0.1) is 30.6 Å². The second-order valence-electron chi connectivity index (χ2n) is 7.12. The van der Waals surface area contributed by atoms with Crippen LogP contribution in [0.3, 0.4) is 0 Å². The van der Waals surface area contributed by atoms with E-state index in [1.807, 2.05) is 35.7 Å². The Kier molecular flexibility index (Phi) is 4.99. The van der Waals surface area contributed by atoms with Gasteiger partial charge in [-0.05, 0) is 28.2 Å². The van der Waals surface area contributed by atoms with E-state index in [9.17, 15) is 30.3 Å². The molecule has 0 aromatic heterocycles. The van der Waals surface area contributed by atoms with E-state index in [0.29, 0.717) is 22.3 Å². The number of rotatable bonds is 4. The van der Waals surface area contributed by atoms with Gasteiger partial charge < -0.3 is 0 Å². The van der Waals surface area contributed by atoms with Gasteiger partial charge in [0.1, 0.15) is 0 Å². The maximum absolute atomic E-state index is 11.8.